The van der Waals surface area contributed by atoms with Crippen LogP contribution in [-0.2, 0) is 48.2 Å². The van der Waals surface area contributed by atoms with Crippen molar-refractivity contribution in [3.8, 4) is 0 Å². The van der Waals surface area contributed by atoms with Crippen molar-refractivity contribution in [2.75, 3.05) is 52.4 Å². The molecule has 90 heavy (non-hydrogen) atoms. The predicted molar refractivity (Wildman–Crippen MR) is 348 cm³/mol. The van der Waals surface area contributed by atoms with Crippen molar-refractivity contribution in [2.24, 2.45) is 0 Å². The SMILES string of the molecule is CC(C)(C)OC(=O)NCC1CCN(CC(c2ccccc2)c2cccc(CC(C)(C)OC(=O)NCC3CCN(CC(c4ccccc4)c4ccccc4)C(=O)[C@H](CCCNC(=O)OCc4ccccc4)N3)c2)C(=O)[C@H](CCCNC(=O)OCc2ccccc2)N1. The highest BCUT2D eigenvalue weighted by atomic mass is 16.6. The van der Waals surface area contributed by atoms with Gasteiger partial charge in [-0.25, -0.2) is 19.2 Å². The quantitative estimate of drug-likeness (QED) is 0.0210. The minimum Gasteiger partial charge on any atom is -0.445 e. The summed E-state index contributed by atoms with van der Waals surface area (Å²) in [6.45, 7) is 12.2. The maximum Gasteiger partial charge on any atom is 0.407 e. The molecule has 0 aliphatic carbocycles. The molecule has 478 valence electrons. The number of benzene rings is 6. The maximum atomic E-state index is 14.8. The van der Waals surface area contributed by atoms with Gasteiger partial charge in [0.1, 0.15) is 24.4 Å². The van der Waals surface area contributed by atoms with Gasteiger partial charge in [-0.2, -0.15) is 0 Å². The van der Waals surface area contributed by atoms with Crippen molar-refractivity contribution < 1.29 is 47.7 Å². The molecule has 6 aromatic rings. The molecule has 2 saturated heterocycles. The van der Waals surface area contributed by atoms with E-state index in [1.54, 1.807) is 0 Å². The molecule has 2 heterocycles. The zero-order chi connectivity index (χ0) is 63.7. The lowest BCUT2D eigenvalue weighted by atomic mass is 9.88. The molecule has 8 rings (SSSR count). The summed E-state index contributed by atoms with van der Waals surface area (Å²) in [5, 5.41) is 18.7. The molecule has 18 nitrogen and oxygen atoms in total. The Morgan fingerprint density at radius 3 is 1.28 bits per heavy atom. The lowest BCUT2D eigenvalue weighted by Gasteiger charge is -2.30. The van der Waals surface area contributed by atoms with Crippen LogP contribution in [0.5, 0.6) is 0 Å². The Kier molecular flexibility index (Phi) is 25.2. The van der Waals surface area contributed by atoms with Crippen LogP contribution in [0.2, 0.25) is 0 Å². The molecular formula is C72H90N8O10. The Hall–Kier alpha value is -8.74. The fourth-order valence-electron chi connectivity index (χ4n) is 11.6. The fourth-order valence-corrected chi connectivity index (χ4v) is 11.6. The Labute approximate surface area is 530 Å². The number of carbonyl (C=O) groups excluding carboxylic acids is 6. The molecule has 6 aromatic carbocycles. The third-order valence-corrected chi connectivity index (χ3v) is 16.0. The summed E-state index contributed by atoms with van der Waals surface area (Å²) in [7, 11) is 0. The molecule has 3 unspecified atom stereocenters. The molecule has 0 radical (unpaired) electrons. The first-order chi connectivity index (χ1) is 43.4. The zero-order valence-electron chi connectivity index (χ0n) is 52.7. The molecule has 0 saturated carbocycles. The van der Waals surface area contributed by atoms with Crippen LogP contribution in [-0.4, -0.2) is 134 Å². The number of nitrogens with one attached hydrogen (secondary N) is 6. The molecule has 2 fully saturated rings. The van der Waals surface area contributed by atoms with Crippen molar-refractivity contribution in [2.45, 2.75) is 140 Å². The van der Waals surface area contributed by atoms with E-state index in [9.17, 15) is 28.8 Å². The first-order valence-electron chi connectivity index (χ1n) is 31.6. The first-order valence-corrected chi connectivity index (χ1v) is 31.6. The van der Waals surface area contributed by atoms with Gasteiger partial charge < -0.3 is 60.6 Å². The van der Waals surface area contributed by atoms with Gasteiger partial charge >= 0.3 is 24.4 Å². The normalized spacial score (nSPS) is 17.5. The average molecular weight is 1230 g/mol. The van der Waals surface area contributed by atoms with Crippen molar-refractivity contribution in [3.63, 3.8) is 0 Å². The summed E-state index contributed by atoms with van der Waals surface area (Å²) >= 11 is 0. The number of amides is 6. The van der Waals surface area contributed by atoms with Gasteiger partial charge in [0.25, 0.3) is 0 Å². The molecule has 2 aliphatic heterocycles. The second kappa shape index (κ2) is 33.7. The van der Waals surface area contributed by atoms with Crippen LogP contribution < -0.4 is 31.9 Å². The largest absolute Gasteiger partial charge is 0.445 e. The van der Waals surface area contributed by atoms with Gasteiger partial charge in [0.05, 0.1) is 12.1 Å². The number of rotatable bonds is 27. The Balaban J connectivity index is 0.904. The molecule has 6 N–H and O–H groups in total. The van der Waals surface area contributed by atoms with Crippen LogP contribution in [0.4, 0.5) is 19.2 Å². The van der Waals surface area contributed by atoms with E-state index in [2.05, 4.69) is 80.4 Å². The summed E-state index contributed by atoms with van der Waals surface area (Å²) in [5.41, 5.74) is 5.28. The fraction of sp³-hybridized carbons (Fsp3) is 0.417. The number of hydrogen-bond donors (Lipinski definition) is 6. The number of hydrogen-bond acceptors (Lipinski definition) is 12. The highest BCUT2D eigenvalue weighted by Crippen LogP contribution is 2.31. The van der Waals surface area contributed by atoms with E-state index in [0.29, 0.717) is 84.2 Å². The summed E-state index contributed by atoms with van der Waals surface area (Å²) in [4.78, 5) is 85.3. The Morgan fingerprint density at radius 1 is 0.478 bits per heavy atom. The molecule has 2 aliphatic rings. The van der Waals surface area contributed by atoms with Crippen LogP contribution in [0.25, 0.3) is 0 Å². The number of carbonyl (C=O) groups is 6. The molecular weight excluding hydrogens is 1140 g/mol. The molecule has 0 aromatic heterocycles. The van der Waals surface area contributed by atoms with Crippen molar-refractivity contribution in [1.29, 1.82) is 0 Å². The van der Waals surface area contributed by atoms with Crippen molar-refractivity contribution in [1.82, 2.24) is 41.7 Å². The Morgan fingerprint density at radius 2 is 0.856 bits per heavy atom. The van der Waals surface area contributed by atoms with Gasteiger partial charge in [0.15, 0.2) is 0 Å². The summed E-state index contributed by atoms with van der Waals surface area (Å²) < 4.78 is 22.6. The van der Waals surface area contributed by atoms with E-state index in [1.807, 2.05) is 172 Å². The first kappa shape index (κ1) is 67.2. The minimum atomic E-state index is -0.953. The molecule has 5 atom stereocenters. The van der Waals surface area contributed by atoms with Crippen LogP contribution >= 0.6 is 0 Å². The van der Waals surface area contributed by atoms with Crippen LogP contribution in [0.1, 0.15) is 124 Å². The monoisotopic (exact) mass is 1230 g/mol. The zero-order valence-corrected chi connectivity index (χ0v) is 52.7. The second-order valence-corrected chi connectivity index (χ2v) is 24.9. The van der Waals surface area contributed by atoms with Gasteiger partial charge in [-0.15, -0.1) is 0 Å². The highest BCUT2D eigenvalue weighted by Gasteiger charge is 2.36. The lowest BCUT2D eigenvalue weighted by molar-refractivity contribution is -0.133. The van der Waals surface area contributed by atoms with E-state index >= 15 is 0 Å². The highest BCUT2D eigenvalue weighted by molar-refractivity contribution is 5.83. The van der Waals surface area contributed by atoms with Crippen LogP contribution in [0, 0.1) is 0 Å². The van der Waals surface area contributed by atoms with Crippen molar-refractivity contribution in [3.05, 3.63) is 215 Å². The van der Waals surface area contributed by atoms with E-state index in [0.717, 1.165) is 38.9 Å². The van der Waals surface area contributed by atoms with E-state index < -0.39 is 47.7 Å². The molecule has 18 heteroatoms. The van der Waals surface area contributed by atoms with Gasteiger partial charge in [-0.1, -0.05) is 176 Å². The summed E-state index contributed by atoms with van der Waals surface area (Å²) in [6.07, 6.45) is 1.16. The standard InChI is InChI=1S/C72H90N8O10/c1-71(2,3)89-69(85)75-46-59-39-43-80(66(82)64(77-59)37-23-41-74-68(84)88-51-53-26-13-7-14-27-53)49-62(57-33-19-10-20-34-57)58-35-21-28-54(44-58)45-72(4,5)90-70(86)76-47-60-38-42-79(48-61(55-29-15-8-16-30-55)56-31-17-9-18-32-56)65(81)63(78-60)36-22-40-73-67(83)87-50-52-24-11-6-12-25-52/h6-21,24-35,44,59-64,77-78H,22-23,36-43,45-51H2,1-5H3,(H,73,83)(H,74,84)(H,75,85)(H,76,86)/t59?,60?,62?,63-,64-/m0/s1. The molecule has 6 amide bonds. The minimum absolute atomic E-state index is 0.0422. The van der Waals surface area contributed by atoms with Gasteiger partial charge in [0, 0.05) is 82.7 Å². The lowest BCUT2D eigenvalue weighted by Crippen LogP contribution is -2.50. The van der Waals surface area contributed by atoms with E-state index in [-0.39, 0.29) is 62.0 Å². The third-order valence-electron chi connectivity index (χ3n) is 16.0. The second-order valence-electron chi connectivity index (χ2n) is 24.9. The van der Waals surface area contributed by atoms with Gasteiger partial charge in [-0.05, 0) is 112 Å². The topological polar surface area (TPSA) is 218 Å². The Bertz CT molecular complexity index is 3170. The van der Waals surface area contributed by atoms with Gasteiger partial charge in [0.2, 0.25) is 11.8 Å². The smallest absolute Gasteiger partial charge is 0.407 e. The number of alkyl carbamates (subject to hydrolysis) is 4. The van der Waals surface area contributed by atoms with Crippen LogP contribution in [0.15, 0.2) is 176 Å². The van der Waals surface area contributed by atoms with Crippen molar-refractivity contribution >= 4 is 36.2 Å². The van der Waals surface area contributed by atoms with E-state index in [1.165, 1.54) is 0 Å². The molecule has 0 spiro atoms. The predicted octanol–water partition coefficient (Wildman–Crippen LogP) is 10.8. The summed E-state index contributed by atoms with van der Waals surface area (Å²) in [5.74, 6) is -0.432. The average Bonchev–Trinajstić information content (AvgIpc) is 1.91. The maximum absolute atomic E-state index is 14.8. The number of nitrogens with zero attached hydrogens (tertiary/aromatic N) is 2. The van der Waals surface area contributed by atoms with Gasteiger partial charge in [-0.3, -0.25) is 9.59 Å². The summed E-state index contributed by atoms with van der Waals surface area (Å²) in [6, 6.07) is 55.9. The van der Waals surface area contributed by atoms with E-state index in [4.69, 9.17) is 18.9 Å². The third kappa shape index (κ3) is 22.1. The van der Waals surface area contributed by atoms with Crippen LogP contribution in [0.3, 0.4) is 0 Å². The molecule has 0 bridgehead atoms. The number of ether oxygens (including phenoxy) is 4.